The normalized spacial score (nSPS) is 27.5. The summed E-state index contributed by atoms with van der Waals surface area (Å²) in [6, 6.07) is 3.69. The molecule has 2 atom stereocenters. The molecule has 0 spiro atoms. The summed E-state index contributed by atoms with van der Waals surface area (Å²) in [7, 11) is -2.84. The fourth-order valence-corrected chi connectivity index (χ4v) is 4.98. The van der Waals surface area contributed by atoms with E-state index in [0.717, 1.165) is 24.4 Å². The zero-order valence-electron chi connectivity index (χ0n) is 13.6. The molecule has 1 aromatic heterocycles. The topological polar surface area (TPSA) is 79.6 Å². The second-order valence-electron chi connectivity index (χ2n) is 6.92. The molecule has 0 aliphatic carbocycles. The summed E-state index contributed by atoms with van der Waals surface area (Å²) in [5.74, 6) is 2.65. The summed E-state index contributed by atoms with van der Waals surface area (Å²) in [4.78, 5) is 14.3. The third-order valence-electron chi connectivity index (χ3n) is 4.74. The van der Waals surface area contributed by atoms with Crippen molar-refractivity contribution in [3.8, 4) is 0 Å². The maximum Gasteiger partial charge on any atom is 0.318 e. The van der Waals surface area contributed by atoms with Gasteiger partial charge in [0.1, 0.15) is 11.5 Å². The molecule has 2 saturated heterocycles. The lowest BCUT2D eigenvalue weighted by atomic mass is 9.91. The van der Waals surface area contributed by atoms with Crippen molar-refractivity contribution in [3.05, 3.63) is 23.7 Å². The molecule has 0 bridgehead atoms. The number of rotatable bonds is 3. The van der Waals surface area contributed by atoms with Gasteiger partial charge in [-0.3, -0.25) is 0 Å². The monoisotopic (exact) mass is 340 g/mol. The number of hydrogen-bond donors (Lipinski definition) is 1. The van der Waals surface area contributed by atoms with Crippen molar-refractivity contribution in [2.75, 3.05) is 24.6 Å². The van der Waals surface area contributed by atoms with E-state index >= 15 is 0 Å². The number of carbonyl (C=O) groups excluding carboxylic acids is 1. The number of hydrogen-bond acceptors (Lipinski definition) is 4. The molecule has 0 saturated carbocycles. The van der Waals surface area contributed by atoms with Crippen molar-refractivity contribution in [2.45, 2.75) is 32.7 Å². The fourth-order valence-electron chi connectivity index (χ4n) is 3.41. The molecule has 6 nitrogen and oxygen atoms in total. The van der Waals surface area contributed by atoms with Crippen molar-refractivity contribution in [2.24, 2.45) is 11.8 Å². The highest BCUT2D eigenvalue weighted by molar-refractivity contribution is 7.92. The lowest BCUT2D eigenvalue weighted by Gasteiger charge is -2.38. The number of nitrogens with zero attached hydrogens (tertiary/aromatic N) is 1. The Morgan fingerprint density at radius 3 is 2.74 bits per heavy atom. The van der Waals surface area contributed by atoms with Gasteiger partial charge in [-0.2, -0.15) is 0 Å². The quantitative estimate of drug-likeness (QED) is 0.914. The van der Waals surface area contributed by atoms with E-state index < -0.39 is 9.84 Å². The van der Waals surface area contributed by atoms with E-state index in [1.807, 2.05) is 24.0 Å². The molecule has 2 amide bonds. The Morgan fingerprint density at radius 1 is 1.39 bits per heavy atom. The highest BCUT2D eigenvalue weighted by Crippen LogP contribution is 2.34. The van der Waals surface area contributed by atoms with Gasteiger partial charge in [-0.1, -0.05) is 6.92 Å². The van der Waals surface area contributed by atoms with Gasteiger partial charge < -0.3 is 14.6 Å². The Kier molecular flexibility index (Phi) is 4.40. The SMILES string of the molecule is Cc1ccc(C2CC(C)CCN2C(=O)NCC2CS(=O)(=O)C2)o1. The molecule has 1 N–H and O–H groups in total. The van der Waals surface area contributed by atoms with Crippen LogP contribution in [0.2, 0.25) is 0 Å². The number of furan rings is 1. The Labute approximate surface area is 137 Å². The number of likely N-dealkylation sites (tertiary alicyclic amines) is 1. The molecule has 2 unspecified atom stereocenters. The first kappa shape index (κ1) is 16.4. The zero-order valence-corrected chi connectivity index (χ0v) is 14.4. The van der Waals surface area contributed by atoms with Crippen LogP contribution in [0.3, 0.4) is 0 Å². The first-order valence-electron chi connectivity index (χ1n) is 8.15. The summed E-state index contributed by atoms with van der Waals surface area (Å²) >= 11 is 0. The number of aryl methyl sites for hydroxylation is 1. The van der Waals surface area contributed by atoms with Crippen molar-refractivity contribution in [1.29, 1.82) is 0 Å². The molecule has 3 heterocycles. The van der Waals surface area contributed by atoms with Crippen LogP contribution >= 0.6 is 0 Å². The molecule has 2 aliphatic rings. The minimum absolute atomic E-state index is 0.0439. The number of carbonyl (C=O) groups is 1. The Balaban J connectivity index is 1.62. The van der Waals surface area contributed by atoms with Crippen LogP contribution in [0, 0.1) is 18.8 Å². The second kappa shape index (κ2) is 6.19. The van der Waals surface area contributed by atoms with Crippen LogP contribution in [0.5, 0.6) is 0 Å². The summed E-state index contributed by atoms with van der Waals surface area (Å²) in [5, 5.41) is 2.89. The average molecular weight is 340 g/mol. The Morgan fingerprint density at radius 2 is 2.13 bits per heavy atom. The first-order chi connectivity index (χ1) is 10.8. The van der Waals surface area contributed by atoms with E-state index in [2.05, 4.69) is 12.2 Å². The van der Waals surface area contributed by atoms with Crippen LogP contribution in [0.4, 0.5) is 4.79 Å². The number of amides is 2. The minimum Gasteiger partial charge on any atom is -0.464 e. The molecular formula is C16H24N2O4S. The third-order valence-corrected chi connectivity index (χ3v) is 6.69. The predicted octanol–water partition coefficient (Wildman–Crippen LogP) is 2.12. The molecular weight excluding hydrogens is 316 g/mol. The highest BCUT2D eigenvalue weighted by Gasteiger charge is 2.36. The Hall–Kier alpha value is -1.50. The lowest BCUT2D eigenvalue weighted by molar-refractivity contribution is 0.118. The number of sulfone groups is 1. The third kappa shape index (κ3) is 3.71. The van der Waals surface area contributed by atoms with Crippen molar-refractivity contribution < 1.29 is 17.6 Å². The number of urea groups is 1. The zero-order chi connectivity index (χ0) is 16.6. The summed E-state index contributed by atoms with van der Waals surface area (Å²) in [6.45, 7) is 5.21. The van der Waals surface area contributed by atoms with E-state index in [1.165, 1.54) is 0 Å². The molecule has 2 fully saturated rings. The molecule has 1 aromatic rings. The van der Waals surface area contributed by atoms with Gasteiger partial charge in [0.25, 0.3) is 0 Å². The molecule has 2 aliphatic heterocycles. The van der Waals surface area contributed by atoms with Gasteiger partial charge >= 0.3 is 6.03 Å². The van der Waals surface area contributed by atoms with E-state index in [0.29, 0.717) is 19.0 Å². The van der Waals surface area contributed by atoms with Crippen molar-refractivity contribution in [1.82, 2.24) is 10.2 Å². The van der Waals surface area contributed by atoms with Crippen LogP contribution in [0.15, 0.2) is 16.5 Å². The van der Waals surface area contributed by atoms with Gasteiger partial charge in [-0.25, -0.2) is 13.2 Å². The summed E-state index contributed by atoms with van der Waals surface area (Å²) in [5.41, 5.74) is 0. The average Bonchev–Trinajstić information content (AvgIpc) is 2.89. The summed E-state index contributed by atoms with van der Waals surface area (Å²) < 4.78 is 28.1. The maximum absolute atomic E-state index is 12.5. The van der Waals surface area contributed by atoms with Crippen molar-refractivity contribution >= 4 is 15.9 Å². The molecule has 7 heteroatoms. The van der Waals surface area contributed by atoms with Crippen LogP contribution < -0.4 is 5.32 Å². The molecule has 23 heavy (non-hydrogen) atoms. The predicted molar refractivity (Wildman–Crippen MR) is 86.8 cm³/mol. The molecule has 3 rings (SSSR count). The van der Waals surface area contributed by atoms with E-state index in [9.17, 15) is 13.2 Å². The smallest absolute Gasteiger partial charge is 0.318 e. The van der Waals surface area contributed by atoms with Crippen LogP contribution in [-0.4, -0.2) is 43.9 Å². The number of nitrogens with one attached hydrogen (secondary N) is 1. The molecule has 128 valence electrons. The highest BCUT2D eigenvalue weighted by atomic mass is 32.2. The maximum atomic E-state index is 12.5. The van der Waals surface area contributed by atoms with Crippen LogP contribution in [0.1, 0.15) is 37.3 Å². The van der Waals surface area contributed by atoms with Gasteiger partial charge in [-0.05, 0) is 37.8 Å². The lowest BCUT2D eigenvalue weighted by Crippen LogP contribution is -2.50. The van der Waals surface area contributed by atoms with E-state index in [4.69, 9.17) is 4.42 Å². The minimum atomic E-state index is -2.84. The molecule has 0 radical (unpaired) electrons. The standard InChI is InChI=1S/C16H24N2O4S/c1-11-5-6-18(14(7-11)15-4-3-12(2)22-15)16(19)17-8-13-9-23(20,21)10-13/h3-4,11,13-14H,5-10H2,1-2H3,(H,17,19). The van der Waals surface area contributed by atoms with E-state index in [1.54, 1.807) is 0 Å². The van der Waals surface area contributed by atoms with Crippen molar-refractivity contribution in [3.63, 3.8) is 0 Å². The first-order valence-corrected chi connectivity index (χ1v) is 9.97. The van der Waals surface area contributed by atoms with Crippen LogP contribution in [-0.2, 0) is 9.84 Å². The Bertz CT molecular complexity index is 670. The van der Waals surface area contributed by atoms with Crippen LogP contribution in [0.25, 0.3) is 0 Å². The fraction of sp³-hybridized carbons (Fsp3) is 0.688. The second-order valence-corrected chi connectivity index (χ2v) is 9.07. The van der Waals surface area contributed by atoms with Gasteiger partial charge in [-0.15, -0.1) is 0 Å². The summed E-state index contributed by atoms with van der Waals surface area (Å²) in [6.07, 6.45) is 1.86. The molecule has 0 aromatic carbocycles. The largest absolute Gasteiger partial charge is 0.464 e. The van der Waals surface area contributed by atoms with Gasteiger partial charge in [0.2, 0.25) is 0 Å². The van der Waals surface area contributed by atoms with Gasteiger partial charge in [0.15, 0.2) is 9.84 Å². The van der Waals surface area contributed by atoms with Gasteiger partial charge in [0.05, 0.1) is 17.5 Å². The van der Waals surface area contributed by atoms with E-state index in [-0.39, 0.29) is 29.5 Å². The number of piperidine rings is 1. The van der Waals surface area contributed by atoms with Gasteiger partial charge in [0, 0.05) is 19.0 Å².